The number of rotatable bonds is 4. The van der Waals surface area contributed by atoms with Crippen molar-refractivity contribution < 1.29 is 0 Å². The van der Waals surface area contributed by atoms with Gasteiger partial charge in [0.2, 0.25) is 0 Å². The molecule has 2 rings (SSSR count). The zero-order valence-corrected chi connectivity index (χ0v) is 13.8. The fourth-order valence-corrected chi connectivity index (χ4v) is 3.57. The lowest BCUT2D eigenvalue weighted by Gasteiger charge is -2.34. The molecule has 112 valence electrons. The summed E-state index contributed by atoms with van der Waals surface area (Å²) in [5.74, 6) is 0.905. The van der Waals surface area contributed by atoms with Crippen molar-refractivity contribution in [2.45, 2.75) is 46.6 Å². The van der Waals surface area contributed by atoms with Crippen molar-refractivity contribution in [2.24, 2.45) is 5.92 Å². The molecule has 1 fully saturated rings. The fraction of sp³-hybridized carbons (Fsp3) is 0.667. The molecule has 1 aliphatic heterocycles. The van der Waals surface area contributed by atoms with E-state index >= 15 is 0 Å². The van der Waals surface area contributed by atoms with E-state index in [1.807, 2.05) is 0 Å². The van der Waals surface area contributed by atoms with Gasteiger partial charge >= 0.3 is 0 Å². The molecule has 0 saturated carbocycles. The number of hydrogen-bond donors (Lipinski definition) is 1. The van der Waals surface area contributed by atoms with Crippen molar-refractivity contribution >= 4 is 0 Å². The third kappa shape index (κ3) is 3.62. The summed E-state index contributed by atoms with van der Waals surface area (Å²) in [5, 5.41) is 3.54. The topological polar surface area (TPSA) is 15.3 Å². The van der Waals surface area contributed by atoms with Gasteiger partial charge in [0.1, 0.15) is 0 Å². The Labute approximate surface area is 124 Å². The van der Waals surface area contributed by atoms with Crippen LogP contribution in [0.4, 0.5) is 0 Å². The normalized spacial score (nSPS) is 19.2. The number of nitrogens with one attached hydrogen (secondary N) is 1. The van der Waals surface area contributed by atoms with Gasteiger partial charge in [0.05, 0.1) is 0 Å². The lowest BCUT2D eigenvalue weighted by Crippen LogP contribution is -2.39. The lowest BCUT2D eigenvalue weighted by atomic mass is 9.92. The Morgan fingerprint density at radius 3 is 2.20 bits per heavy atom. The van der Waals surface area contributed by atoms with Crippen LogP contribution in [0.2, 0.25) is 0 Å². The molecule has 0 amide bonds. The van der Waals surface area contributed by atoms with E-state index in [2.05, 4.69) is 57.1 Å². The van der Waals surface area contributed by atoms with Gasteiger partial charge in [-0.3, -0.25) is 0 Å². The Hall–Kier alpha value is -0.860. The zero-order chi connectivity index (χ0) is 14.7. The minimum atomic E-state index is 0.448. The van der Waals surface area contributed by atoms with Crippen LogP contribution in [0.1, 0.15) is 48.1 Å². The molecule has 1 atom stereocenters. The first-order chi connectivity index (χ1) is 9.51. The summed E-state index contributed by atoms with van der Waals surface area (Å²) in [6.07, 6.45) is 2.70. The van der Waals surface area contributed by atoms with Gasteiger partial charge in [0.25, 0.3) is 0 Å². The van der Waals surface area contributed by atoms with E-state index < -0.39 is 0 Å². The Morgan fingerprint density at radius 1 is 1.15 bits per heavy atom. The van der Waals surface area contributed by atoms with Crippen LogP contribution < -0.4 is 5.32 Å². The summed E-state index contributed by atoms with van der Waals surface area (Å²) in [7, 11) is 2.09. The Kier molecular flexibility index (Phi) is 5.22. The second kappa shape index (κ2) is 6.73. The minimum absolute atomic E-state index is 0.448. The lowest BCUT2D eigenvalue weighted by molar-refractivity contribution is 0.176. The molecule has 0 bridgehead atoms. The van der Waals surface area contributed by atoms with Crippen LogP contribution >= 0.6 is 0 Å². The standard InChI is InChI=1S/C18H30N2/c1-13-6-8-20(9-7-13)12-17(19-5)18-15(3)10-14(2)11-16(18)4/h10-11,13,17,19H,6-9,12H2,1-5H3. The molecule has 1 heterocycles. The average molecular weight is 274 g/mol. The van der Waals surface area contributed by atoms with Gasteiger partial charge in [-0.1, -0.05) is 24.6 Å². The minimum Gasteiger partial charge on any atom is -0.312 e. The van der Waals surface area contributed by atoms with Crippen molar-refractivity contribution in [2.75, 3.05) is 26.7 Å². The van der Waals surface area contributed by atoms with E-state index in [1.165, 1.54) is 48.2 Å². The van der Waals surface area contributed by atoms with Crippen molar-refractivity contribution in [1.29, 1.82) is 0 Å². The quantitative estimate of drug-likeness (QED) is 0.902. The molecule has 0 aliphatic carbocycles. The van der Waals surface area contributed by atoms with E-state index in [0.29, 0.717) is 6.04 Å². The van der Waals surface area contributed by atoms with E-state index in [-0.39, 0.29) is 0 Å². The molecular weight excluding hydrogens is 244 g/mol. The van der Waals surface area contributed by atoms with Gasteiger partial charge in [-0.15, -0.1) is 0 Å². The van der Waals surface area contributed by atoms with Gasteiger partial charge in [0.15, 0.2) is 0 Å². The molecule has 1 aromatic rings. The van der Waals surface area contributed by atoms with E-state index in [0.717, 1.165) is 12.5 Å². The summed E-state index contributed by atoms with van der Waals surface area (Å²) in [5.41, 5.74) is 5.71. The molecule has 1 unspecified atom stereocenters. The van der Waals surface area contributed by atoms with Crippen LogP contribution in [-0.2, 0) is 0 Å². The van der Waals surface area contributed by atoms with Crippen molar-refractivity contribution in [1.82, 2.24) is 10.2 Å². The summed E-state index contributed by atoms with van der Waals surface area (Å²) in [6.45, 7) is 12.7. The van der Waals surface area contributed by atoms with E-state index in [9.17, 15) is 0 Å². The third-order valence-corrected chi connectivity index (χ3v) is 4.75. The molecule has 2 heteroatoms. The van der Waals surface area contributed by atoms with Gasteiger partial charge in [-0.25, -0.2) is 0 Å². The predicted octanol–water partition coefficient (Wildman–Crippen LogP) is 3.60. The van der Waals surface area contributed by atoms with Crippen LogP contribution in [0.15, 0.2) is 12.1 Å². The largest absolute Gasteiger partial charge is 0.312 e. The molecular formula is C18H30N2. The third-order valence-electron chi connectivity index (χ3n) is 4.75. The fourth-order valence-electron chi connectivity index (χ4n) is 3.57. The van der Waals surface area contributed by atoms with E-state index in [4.69, 9.17) is 0 Å². The average Bonchev–Trinajstić information content (AvgIpc) is 2.38. The second-order valence-corrected chi connectivity index (χ2v) is 6.64. The maximum atomic E-state index is 3.54. The molecule has 0 spiro atoms. The Balaban J connectivity index is 2.12. The van der Waals surface area contributed by atoms with Crippen LogP contribution in [0.25, 0.3) is 0 Å². The molecule has 2 nitrogen and oxygen atoms in total. The van der Waals surface area contributed by atoms with Crippen LogP contribution in [-0.4, -0.2) is 31.6 Å². The highest BCUT2D eigenvalue weighted by molar-refractivity contribution is 5.39. The molecule has 20 heavy (non-hydrogen) atoms. The smallest absolute Gasteiger partial charge is 0.0452 e. The number of benzene rings is 1. The highest BCUT2D eigenvalue weighted by Crippen LogP contribution is 2.26. The van der Waals surface area contributed by atoms with Gasteiger partial charge in [-0.05, 0) is 76.4 Å². The SMILES string of the molecule is CNC(CN1CCC(C)CC1)c1c(C)cc(C)cc1C. The molecule has 1 aromatic carbocycles. The number of hydrogen-bond acceptors (Lipinski definition) is 2. The highest BCUT2D eigenvalue weighted by Gasteiger charge is 2.21. The highest BCUT2D eigenvalue weighted by atomic mass is 15.1. The first-order valence-electron chi connectivity index (χ1n) is 7.98. The molecule has 1 saturated heterocycles. The van der Waals surface area contributed by atoms with Crippen molar-refractivity contribution in [3.63, 3.8) is 0 Å². The maximum absolute atomic E-state index is 3.54. The summed E-state index contributed by atoms with van der Waals surface area (Å²) in [6, 6.07) is 5.07. The van der Waals surface area contributed by atoms with Crippen molar-refractivity contribution in [3.8, 4) is 0 Å². The second-order valence-electron chi connectivity index (χ2n) is 6.64. The first-order valence-corrected chi connectivity index (χ1v) is 7.98. The number of likely N-dealkylation sites (N-methyl/N-ethyl adjacent to an activating group) is 1. The maximum Gasteiger partial charge on any atom is 0.0452 e. The number of piperidine rings is 1. The Morgan fingerprint density at radius 2 is 1.70 bits per heavy atom. The zero-order valence-electron chi connectivity index (χ0n) is 13.8. The number of likely N-dealkylation sites (tertiary alicyclic amines) is 1. The molecule has 1 N–H and O–H groups in total. The Bertz CT molecular complexity index is 422. The van der Waals surface area contributed by atoms with Gasteiger partial charge in [0, 0.05) is 12.6 Å². The van der Waals surface area contributed by atoms with Gasteiger partial charge in [-0.2, -0.15) is 0 Å². The number of nitrogens with zero attached hydrogens (tertiary/aromatic N) is 1. The first kappa shape index (κ1) is 15.5. The summed E-state index contributed by atoms with van der Waals surface area (Å²) < 4.78 is 0. The number of aryl methyl sites for hydroxylation is 3. The van der Waals surface area contributed by atoms with Crippen LogP contribution in [0.3, 0.4) is 0 Å². The summed E-state index contributed by atoms with van der Waals surface area (Å²) in [4.78, 5) is 2.62. The van der Waals surface area contributed by atoms with E-state index in [1.54, 1.807) is 0 Å². The predicted molar refractivity (Wildman–Crippen MR) is 87.3 cm³/mol. The molecule has 0 aromatic heterocycles. The molecule has 0 radical (unpaired) electrons. The summed E-state index contributed by atoms with van der Waals surface area (Å²) >= 11 is 0. The van der Waals surface area contributed by atoms with Crippen LogP contribution in [0, 0.1) is 26.7 Å². The molecule has 1 aliphatic rings. The van der Waals surface area contributed by atoms with Crippen molar-refractivity contribution in [3.05, 3.63) is 34.4 Å². The van der Waals surface area contributed by atoms with Crippen LogP contribution in [0.5, 0.6) is 0 Å². The monoisotopic (exact) mass is 274 g/mol. The van der Waals surface area contributed by atoms with Gasteiger partial charge < -0.3 is 10.2 Å².